The first kappa shape index (κ1) is 21.4. The van der Waals surface area contributed by atoms with Crippen LogP contribution in [0.1, 0.15) is 17.7 Å². The van der Waals surface area contributed by atoms with Crippen LogP contribution in [-0.2, 0) is 29.7 Å². The van der Waals surface area contributed by atoms with Crippen molar-refractivity contribution >= 4 is 56.4 Å². The lowest BCUT2D eigenvalue weighted by Gasteiger charge is -2.04. The number of carbonyl (C=O) groups excluding carboxylic acids is 2. The van der Waals surface area contributed by atoms with Gasteiger partial charge in [-0.25, -0.2) is 4.98 Å². The number of aromatic nitrogens is 5. The van der Waals surface area contributed by atoms with Gasteiger partial charge in [0.05, 0.1) is 23.0 Å². The molecule has 0 saturated heterocycles. The molecule has 0 aliphatic carbocycles. The number of para-hydroxylation sites is 1. The molecule has 1 aliphatic heterocycles. The van der Waals surface area contributed by atoms with Crippen molar-refractivity contribution in [2.45, 2.75) is 19.5 Å². The van der Waals surface area contributed by atoms with Gasteiger partial charge in [0, 0.05) is 65.6 Å². The molecule has 0 radical (unpaired) electrons. The van der Waals surface area contributed by atoms with Crippen LogP contribution in [0.15, 0.2) is 67.4 Å². The van der Waals surface area contributed by atoms with Gasteiger partial charge in [0.15, 0.2) is 0 Å². The third-order valence-corrected chi connectivity index (χ3v) is 6.63. The number of hydrogen-bond donors (Lipinski definition) is 1. The molecule has 0 atom stereocenters. The number of imide groups is 1. The Balaban J connectivity index is 1.51. The zero-order valence-corrected chi connectivity index (χ0v) is 19.7. The van der Waals surface area contributed by atoms with Crippen molar-refractivity contribution in [2.24, 2.45) is 7.05 Å². The minimum atomic E-state index is -0.446. The van der Waals surface area contributed by atoms with Crippen molar-refractivity contribution in [3.05, 3.63) is 83.7 Å². The van der Waals surface area contributed by atoms with Gasteiger partial charge in [-0.3, -0.25) is 19.6 Å². The van der Waals surface area contributed by atoms with Crippen LogP contribution in [0.2, 0.25) is 5.02 Å². The minimum absolute atomic E-state index is 0.284. The summed E-state index contributed by atoms with van der Waals surface area (Å²) in [6.45, 7) is 1.45. The Kier molecular flexibility index (Phi) is 5.04. The Morgan fingerprint density at radius 1 is 0.971 bits per heavy atom. The topological polar surface area (TPSA) is 86.7 Å². The molecule has 1 aliphatic rings. The van der Waals surface area contributed by atoms with E-state index in [0.717, 1.165) is 34.8 Å². The first-order chi connectivity index (χ1) is 17.0. The molecule has 0 spiro atoms. The first-order valence-electron chi connectivity index (χ1n) is 11.3. The smallest absolute Gasteiger partial charge is 0.261 e. The maximum absolute atomic E-state index is 13.1. The number of nitrogens with zero attached hydrogens (tertiary/aromatic N) is 5. The van der Waals surface area contributed by atoms with E-state index in [9.17, 15) is 9.59 Å². The summed E-state index contributed by atoms with van der Waals surface area (Å²) >= 11 is 6.28. The molecule has 0 unspecified atom stereocenters. The first-order valence-corrected chi connectivity index (χ1v) is 11.7. The normalized spacial score (nSPS) is 14.0. The van der Waals surface area contributed by atoms with E-state index in [1.54, 1.807) is 12.5 Å². The highest BCUT2D eigenvalue weighted by Crippen LogP contribution is 2.38. The zero-order valence-electron chi connectivity index (χ0n) is 18.9. The predicted octanol–water partition coefficient (Wildman–Crippen LogP) is 4.04. The lowest BCUT2D eigenvalue weighted by atomic mass is 9.97. The van der Waals surface area contributed by atoms with Gasteiger partial charge in [-0.2, -0.15) is 5.10 Å². The van der Waals surface area contributed by atoms with E-state index in [0.29, 0.717) is 28.4 Å². The Bertz CT molecular complexity index is 1660. The number of hydrogen-bond acceptors (Lipinski definition) is 4. The monoisotopic (exact) mass is 484 g/mol. The average Bonchev–Trinajstić information content (AvgIpc) is 3.60. The van der Waals surface area contributed by atoms with Crippen LogP contribution in [0.4, 0.5) is 0 Å². The average molecular weight is 485 g/mol. The third kappa shape index (κ3) is 3.54. The van der Waals surface area contributed by atoms with Crippen molar-refractivity contribution in [3.8, 4) is 0 Å². The molecular weight excluding hydrogens is 464 g/mol. The van der Waals surface area contributed by atoms with Gasteiger partial charge in [-0.05, 0) is 30.7 Å². The molecule has 6 rings (SSSR count). The summed E-state index contributed by atoms with van der Waals surface area (Å²) in [6.07, 6.45) is 8.16. The number of nitrogens with one attached hydrogen (secondary N) is 1. The van der Waals surface area contributed by atoms with E-state index in [1.807, 2.05) is 75.7 Å². The van der Waals surface area contributed by atoms with Gasteiger partial charge in [0.1, 0.15) is 5.69 Å². The van der Waals surface area contributed by atoms with E-state index in [-0.39, 0.29) is 5.57 Å². The molecule has 174 valence electrons. The summed E-state index contributed by atoms with van der Waals surface area (Å²) in [4.78, 5) is 30.3. The standard InChI is InChI=1S/C26H21ClN6O2/c1-31-14-19(18-13-16(27)7-8-20(18)31)22-23(26(35)29-25(22)34)24-17-5-2-3-6-21(17)33(30-24)11-4-10-32-12-9-28-15-32/h2-3,5-9,12-15H,4,10-11H2,1H3,(H,29,34,35). The largest absolute Gasteiger partial charge is 0.350 e. The highest BCUT2D eigenvalue weighted by molar-refractivity contribution is 6.50. The van der Waals surface area contributed by atoms with Crippen LogP contribution in [0.5, 0.6) is 0 Å². The number of rotatable bonds is 6. The van der Waals surface area contributed by atoms with Crippen LogP contribution in [0.25, 0.3) is 33.0 Å². The molecule has 5 aromatic rings. The fourth-order valence-electron chi connectivity index (χ4n) is 4.81. The van der Waals surface area contributed by atoms with E-state index in [1.165, 1.54) is 0 Å². The number of carbonyl (C=O) groups is 2. The fourth-order valence-corrected chi connectivity index (χ4v) is 4.98. The molecule has 2 aromatic carbocycles. The summed E-state index contributed by atoms with van der Waals surface area (Å²) in [6, 6.07) is 13.3. The van der Waals surface area contributed by atoms with E-state index >= 15 is 0 Å². The quantitative estimate of drug-likeness (QED) is 0.368. The third-order valence-electron chi connectivity index (χ3n) is 6.39. The van der Waals surface area contributed by atoms with Gasteiger partial charge >= 0.3 is 0 Å². The van der Waals surface area contributed by atoms with Gasteiger partial charge in [-0.1, -0.05) is 29.8 Å². The second-order valence-corrected chi connectivity index (χ2v) is 9.03. The van der Waals surface area contributed by atoms with Crippen molar-refractivity contribution in [1.82, 2.24) is 29.2 Å². The van der Waals surface area contributed by atoms with Crippen LogP contribution in [-0.4, -0.2) is 35.7 Å². The maximum atomic E-state index is 13.1. The van der Waals surface area contributed by atoms with E-state index in [4.69, 9.17) is 16.7 Å². The SMILES string of the molecule is Cn1cc(C2=C(c3nn(CCCn4ccnc4)c4ccccc34)C(=O)NC2=O)c2cc(Cl)ccc21. The molecule has 1 N–H and O–H groups in total. The Labute approximate surface area is 205 Å². The molecule has 0 bridgehead atoms. The second kappa shape index (κ2) is 8.25. The molecule has 0 saturated carbocycles. The summed E-state index contributed by atoms with van der Waals surface area (Å²) in [5, 5.41) is 9.52. The van der Waals surface area contributed by atoms with E-state index in [2.05, 4.69) is 10.3 Å². The number of fused-ring (bicyclic) bond motifs is 2. The Hall–Kier alpha value is -4.17. The van der Waals surface area contributed by atoms with E-state index < -0.39 is 11.8 Å². The fraction of sp³-hybridized carbons (Fsp3) is 0.154. The lowest BCUT2D eigenvalue weighted by molar-refractivity contribution is -0.122. The molecule has 4 heterocycles. The number of aryl methyl sites for hydroxylation is 3. The predicted molar refractivity (Wildman–Crippen MR) is 134 cm³/mol. The number of amides is 2. The van der Waals surface area contributed by atoms with Gasteiger partial charge in [-0.15, -0.1) is 0 Å². The van der Waals surface area contributed by atoms with Crippen molar-refractivity contribution in [3.63, 3.8) is 0 Å². The van der Waals surface area contributed by atoms with Crippen LogP contribution >= 0.6 is 11.6 Å². The molecular formula is C26H21ClN6O2. The molecule has 8 nitrogen and oxygen atoms in total. The number of imidazole rings is 1. The van der Waals surface area contributed by atoms with Gasteiger partial charge in [0.25, 0.3) is 11.8 Å². The summed E-state index contributed by atoms with van der Waals surface area (Å²) in [7, 11) is 1.90. The summed E-state index contributed by atoms with van der Waals surface area (Å²) in [5.74, 6) is -0.880. The van der Waals surface area contributed by atoms with Crippen molar-refractivity contribution in [1.29, 1.82) is 0 Å². The summed E-state index contributed by atoms with van der Waals surface area (Å²) < 4.78 is 5.85. The minimum Gasteiger partial charge on any atom is -0.350 e. The van der Waals surface area contributed by atoms with Gasteiger partial charge < -0.3 is 9.13 Å². The van der Waals surface area contributed by atoms with Crippen LogP contribution < -0.4 is 5.32 Å². The molecule has 2 amide bonds. The highest BCUT2D eigenvalue weighted by Gasteiger charge is 2.36. The Morgan fingerprint density at radius 3 is 2.63 bits per heavy atom. The molecule has 0 fully saturated rings. The van der Waals surface area contributed by atoms with Crippen LogP contribution in [0.3, 0.4) is 0 Å². The molecule has 3 aromatic heterocycles. The van der Waals surface area contributed by atoms with Gasteiger partial charge in [0.2, 0.25) is 0 Å². The lowest BCUT2D eigenvalue weighted by Crippen LogP contribution is -2.22. The van der Waals surface area contributed by atoms with Crippen LogP contribution in [0, 0.1) is 0 Å². The second-order valence-electron chi connectivity index (χ2n) is 8.59. The zero-order chi connectivity index (χ0) is 24.1. The Morgan fingerprint density at radius 2 is 1.80 bits per heavy atom. The molecule has 9 heteroatoms. The molecule has 35 heavy (non-hydrogen) atoms. The highest BCUT2D eigenvalue weighted by atomic mass is 35.5. The number of halogens is 1. The maximum Gasteiger partial charge on any atom is 0.261 e. The number of benzene rings is 2. The van der Waals surface area contributed by atoms with Crippen molar-refractivity contribution < 1.29 is 9.59 Å². The van der Waals surface area contributed by atoms with Crippen molar-refractivity contribution in [2.75, 3.05) is 0 Å². The summed E-state index contributed by atoms with van der Waals surface area (Å²) in [5.41, 5.74) is 3.58.